The van der Waals surface area contributed by atoms with E-state index in [1.54, 1.807) is 0 Å². The molecule has 0 fully saturated rings. The van der Waals surface area contributed by atoms with E-state index in [1.807, 2.05) is 0 Å². The summed E-state index contributed by atoms with van der Waals surface area (Å²) >= 11 is 0. The summed E-state index contributed by atoms with van der Waals surface area (Å²) < 4.78 is 12.1. The fourth-order valence-electron chi connectivity index (χ4n) is 5.50. The van der Waals surface area contributed by atoms with Crippen molar-refractivity contribution in [3.63, 3.8) is 0 Å². The van der Waals surface area contributed by atoms with Crippen molar-refractivity contribution in [2.45, 2.75) is 148 Å². The number of unbranched alkanes of at least 4 members (excludes halogenated alkanes) is 16. The summed E-state index contributed by atoms with van der Waals surface area (Å²) in [4.78, 5) is 24.2. The molecule has 0 aromatic rings. The number of aliphatic hydroxyl groups excluding tert-OH is 1. The molecule has 44 heavy (non-hydrogen) atoms. The van der Waals surface area contributed by atoms with Gasteiger partial charge in [-0.2, -0.15) is 0 Å². The van der Waals surface area contributed by atoms with Crippen molar-refractivity contribution >= 4 is 11.9 Å². The first-order valence-electron chi connectivity index (χ1n) is 17.6. The highest BCUT2D eigenvalue weighted by Gasteiger charge is 2.27. The molecule has 0 unspecified atom stereocenters. The zero-order chi connectivity index (χ0) is 31.5. The topological polar surface area (TPSA) is 72.8 Å². The third kappa shape index (κ3) is 32.8. The van der Waals surface area contributed by atoms with Gasteiger partial charge in [-0.15, -0.1) is 0 Å². The number of carbonyl (C=O) groups is 2. The van der Waals surface area contributed by atoms with Gasteiger partial charge in [0.1, 0.15) is 39.4 Å². The molecule has 0 spiro atoms. The quantitative estimate of drug-likeness (QED) is 0.0712. The third-order valence-corrected chi connectivity index (χ3v) is 8.30. The minimum absolute atomic E-state index is 0. The van der Waals surface area contributed by atoms with Crippen molar-refractivity contribution in [1.29, 1.82) is 0 Å². The van der Waals surface area contributed by atoms with Gasteiger partial charge in [-0.1, -0.05) is 117 Å². The fraction of sp³-hybridized carbons (Fsp3) is 0.943. The Morgan fingerprint density at radius 3 is 1.09 bits per heavy atom. The molecule has 1 N–H and O–H groups in total. The van der Waals surface area contributed by atoms with Gasteiger partial charge < -0.3 is 48.4 Å². The molecule has 0 bridgehead atoms. The zero-order valence-electron chi connectivity index (χ0n) is 29.7. The Morgan fingerprint density at radius 2 is 0.795 bits per heavy atom. The standard InChI is InChI=1S/C35H72N2O5.2ClH/c1-7-9-11-13-15-17-19-21-23-25-34(39)41-29-27-36(3,4)31-33(38)32-37(5,6)28-30-42-35(40)26-24-22-20-18-16-14-12-10-8-2;;/h33,38H,7-32H2,1-6H3;2*1H/q+2;;/p-2. The number of halogens is 2. The van der Waals surface area contributed by atoms with Crippen LogP contribution in [0.25, 0.3) is 0 Å². The van der Waals surface area contributed by atoms with Crippen LogP contribution in [0.2, 0.25) is 0 Å². The van der Waals surface area contributed by atoms with Crippen LogP contribution in [-0.4, -0.2) is 99.7 Å². The summed E-state index contributed by atoms with van der Waals surface area (Å²) in [6.07, 6.45) is 22.7. The van der Waals surface area contributed by atoms with Crippen LogP contribution in [0.5, 0.6) is 0 Å². The Kier molecular flexibility index (Phi) is 33.7. The number of likely N-dealkylation sites (N-methyl/N-ethyl adjacent to an activating group) is 2. The minimum atomic E-state index is -0.495. The second-order valence-corrected chi connectivity index (χ2v) is 13.9. The fourth-order valence-corrected chi connectivity index (χ4v) is 5.50. The maximum atomic E-state index is 12.1. The van der Waals surface area contributed by atoms with Crippen LogP contribution in [0, 0.1) is 0 Å². The van der Waals surface area contributed by atoms with E-state index >= 15 is 0 Å². The maximum Gasteiger partial charge on any atom is 0.305 e. The van der Waals surface area contributed by atoms with Gasteiger partial charge in [0.25, 0.3) is 0 Å². The number of esters is 2. The van der Waals surface area contributed by atoms with E-state index in [0.29, 0.717) is 61.2 Å². The minimum Gasteiger partial charge on any atom is -1.00 e. The Morgan fingerprint density at radius 1 is 0.523 bits per heavy atom. The number of carbonyl (C=O) groups excluding carboxylic acids is 2. The van der Waals surface area contributed by atoms with Crippen LogP contribution in [0.15, 0.2) is 0 Å². The van der Waals surface area contributed by atoms with Gasteiger partial charge in [-0.25, -0.2) is 0 Å². The SMILES string of the molecule is CCCCCCCCCCCC(=O)OCC[N+](C)(C)CC(O)C[N+](C)(C)CCOC(=O)CCCCCCCCCCC.[Cl-].[Cl-]. The lowest BCUT2D eigenvalue weighted by Gasteiger charge is -2.35. The van der Waals surface area contributed by atoms with E-state index in [9.17, 15) is 14.7 Å². The number of hydrogen-bond donors (Lipinski definition) is 1. The van der Waals surface area contributed by atoms with Gasteiger partial charge in [0.15, 0.2) is 6.10 Å². The van der Waals surface area contributed by atoms with Crippen LogP contribution < -0.4 is 24.8 Å². The first-order valence-corrected chi connectivity index (χ1v) is 17.6. The van der Waals surface area contributed by atoms with Crippen LogP contribution in [0.4, 0.5) is 0 Å². The average molecular weight is 672 g/mol. The van der Waals surface area contributed by atoms with Gasteiger partial charge >= 0.3 is 11.9 Å². The molecule has 9 heteroatoms. The van der Waals surface area contributed by atoms with Crippen molar-refractivity contribution in [1.82, 2.24) is 0 Å². The van der Waals surface area contributed by atoms with Crippen molar-refractivity contribution in [2.24, 2.45) is 0 Å². The van der Waals surface area contributed by atoms with Crippen molar-refractivity contribution < 1.29 is 57.9 Å². The van der Waals surface area contributed by atoms with Crippen molar-refractivity contribution in [3.05, 3.63) is 0 Å². The first kappa shape index (κ1) is 47.8. The highest BCUT2D eigenvalue weighted by Crippen LogP contribution is 2.12. The van der Waals surface area contributed by atoms with Gasteiger partial charge in [0, 0.05) is 12.8 Å². The Labute approximate surface area is 285 Å². The van der Waals surface area contributed by atoms with Gasteiger partial charge in [0.05, 0.1) is 28.2 Å². The number of hydrogen-bond acceptors (Lipinski definition) is 5. The molecule has 0 radical (unpaired) electrons. The van der Waals surface area contributed by atoms with Crippen LogP contribution in [0.1, 0.15) is 142 Å². The summed E-state index contributed by atoms with van der Waals surface area (Å²) in [6, 6.07) is 0. The number of nitrogens with zero attached hydrogens (tertiary/aromatic N) is 2. The number of aliphatic hydroxyl groups is 1. The highest BCUT2D eigenvalue weighted by atomic mass is 35.5. The normalized spacial score (nSPS) is 11.6. The smallest absolute Gasteiger partial charge is 0.305 e. The Hall–Kier alpha value is -0.600. The van der Waals surface area contributed by atoms with E-state index in [-0.39, 0.29) is 36.8 Å². The molecule has 0 saturated carbocycles. The van der Waals surface area contributed by atoms with E-state index in [2.05, 4.69) is 42.0 Å². The van der Waals surface area contributed by atoms with E-state index in [0.717, 1.165) is 25.7 Å². The van der Waals surface area contributed by atoms with Gasteiger partial charge in [0.2, 0.25) is 0 Å². The monoisotopic (exact) mass is 670 g/mol. The highest BCUT2D eigenvalue weighted by molar-refractivity contribution is 5.69. The first-order chi connectivity index (χ1) is 20.0. The number of ether oxygens (including phenoxy) is 2. The van der Waals surface area contributed by atoms with E-state index in [1.165, 1.54) is 89.9 Å². The molecule has 0 aliphatic heterocycles. The largest absolute Gasteiger partial charge is 1.00 e. The second-order valence-electron chi connectivity index (χ2n) is 13.9. The van der Waals surface area contributed by atoms with Gasteiger partial charge in [-0.05, 0) is 12.8 Å². The molecule has 0 rings (SSSR count). The Bertz CT molecular complexity index is 611. The molecule has 0 aromatic carbocycles. The van der Waals surface area contributed by atoms with Crippen molar-refractivity contribution in [3.8, 4) is 0 Å². The van der Waals surface area contributed by atoms with E-state index in [4.69, 9.17) is 9.47 Å². The summed E-state index contributed by atoms with van der Waals surface area (Å²) in [5.74, 6) is -0.215. The molecular formula is C35H72Cl2N2O5. The average Bonchev–Trinajstić information content (AvgIpc) is 2.90. The molecular weight excluding hydrogens is 599 g/mol. The summed E-state index contributed by atoms with van der Waals surface area (Å²) in [5, 5.41) is 10.8. The molecule has 266 valence electrons. The lowest BCUT2D eigenvalue weighted by molar-refractivity contribution is -0.914. The summed E-state index contributed by atoms with van der Waals surface area (Å²) in [6.45, 7) is 7.74. The lowest BCUT2D eigenvalue weighted by Crippen LogP contribution is -3.00. The van der Waals surface area contributed by atoms with Crippen LogP contribution >= 0.6 is 0 Å². The molecule has 0 aromatic heterocycles. The predicted octanol–water partition coefficient (Wildman–Crippen LogP) is 1.44. The molecule has 7 nitrogen and oxygen atoms in total. The molecule has 0 saturated heterocycles. The molecule has 0 heterocycles. The summed E-state index contributed by atoms with van der Waals surface area (Å²) in [7, 11) is 8.25. The zero-order valence-corrected chi connectivity index (χ0v) is 31.2. The van der Waals surface area contributed by atoms with Crippen LogP contribution in [-0.2, 0) is 19.1 Å². The van der Waals surface area contributed by atoms with Gasteiger partial charge in [-0.3, -0.25) is 9.59 Å². The molecule has 0 atom stereocenters. The lowest BCUT2D eigenvalue weighted by atomic mass is 10.1. The summed E-state index contributed by atoms with van der Waals surface area (Å²) in [5.41, 5.74) is 0. The van der Waals surface area contributed by atoms with Crippen molar-refractivity contribution in [2.75, 3.05) is 67.6 Å². The Balaban J connectivity index is -0.00000840. The molecule has 0 aliphatic carbocycles. The predicted molar refractivity (Wildman–Crippen MR) is 175 cm³/mol. The third-order valence-electron chi connectivity index (χ3n) is 8.30. The number of quaternary nitrogens is 2. The molecule has 0 amide bonds. The number of rotatable bonds is 30. The molecule has 0 aliphatic rings. The second kappa shape index (κ2) is 31.0. The maximum absolute atomic E-state index is 12.1. The van der Waals surface area contributed by atoms with Crippen LogP contribution in [0.3, 0.4) is 0 Å². The van der Waals surface area contributed by atoms with E-state index < -0.39 is 6.10 Å².